The van der Waals surface area contributed by atoms with Crippen LogP contribution in [0.25, 0.3) is 22.2 Å². The highest BCUT2D eigenvalue weighted by atomic mass is 16.3. The molecule has 3 rings (SSSR count). The first-order valence-electron chi connectivity index (χ1n) is 6.85. The molecular weight excluding hydrogens is 248 g/mol. The van der Waals surface area contributed by atoms with Gasteiger partial charge in [-0.25, -0.2) is 0 Å². The van der Waals surface area contributed by atoms with E-state index >= 15 is 0 Å². The zero-order chi connectivity index (χ0) is 14.3. The molecule has 1 N–H and O–H groups in total. The molecule has 0 saturated carbocycles. The fourth-order valence-corrected chi connectivity index (χ4v) is 2.57. The van der Waals surface area contributed by atoms with Gasteiger partial charge in [-0.1, -0.05) is 18.2 Å². The molecule has 0 atom stereocenters. The van der Waals surface area contributed by atoms with Crippen LogP contribution in [0.1, 0.15) is 25.5 Å². The number of phenolic OH excluding ortho intramolecular Hbond substituents is 1. The van der Waals surface area contributed by atoms with E-state index in [0.29, 0.717) is 6.04 Å². The van der Waals surface area contributed by atoms with Crippen LogP contribution < -0.4 is 0 Å². The van der Waals surface area contributed by atoms with Crippen molar-refractivity contribution in [2.45, 2.75) is 26.8 Å². The van der Waals surface area contributed by atoms with Gasteiger partial charge in [-0.05, 0) is 50.6 Å². The molecule has 0 saturated heterocycles. The lowest BCUT2D eigenvalue weighted by Crippen LogP contribution is -2.03. The number of rotatable bonds is 2. The number of hydrogen-bond acceptors (Lipinski definition) is 2. The lowest BCUT2D eigenvalue weighted by Gasteiger charge is -2.08. The summed E-state index contributed by atoms with van der Waals surface area (Å²) in [5, 5.41) is 15.4. The highest BCUT2D eigenvalue weighted by molar-refractivity contribution is 5.95. The molecule has 0 aliphatic rings. The van der Waals surface area contributed by atoms with Crippen molar-refractivity contribution < 1.29 is 5.11 Å². The Labute approximate surface area is 118 Å². The topological polar surface area (TPSA) is 38.1 Å². The molecule has 102 valence electrons. The van der Waals surface area contributed by atoms with Crippen LogP contribution >= 0.6 is 0 Å². The number of fused-ring (bicyclic) bond motifs is 1. The SMILES string of the molecule is Cc1cccc2c(-c3ccc(O)cc3)nn(C(C)C)c12. The molecule has 0 fully saturated rings. The standard InChI is InChI=1S/C17H18N2O/c1-11(2)19-17-12(3)5-4-6-15(17)16(18-19)13-7-9-14(20)10-8-13/h4-11,20H,1-3H3. The Kier molecular flexibility index (Phi) is 2.97. The van der Waals surface area contributed by atoms with Gasteiger partial charge in [0, 0.05) is 17.0 Å². The van der Waals surface area contributed by atoms with Gasteiger partial charge < -0.3 is 5.11 Å². The van der Waals surface area contributed by atoms with Gasteiger partial charge in [0.25, 0.3) is 0 Å². The van der Waals surface area contributed by atoms with Crippen molar-refractivity contribution in [3.05, 3.63) is 48.0 Å². The maximum Gasteiger partial charge on any atom is 0.115 e. The largest absolute Gasteiger partial charge is 0.508 e. The Morgan fingerprint density at radius 2 is 1.75 bits per heavy atom. The highest BCUT2D eigenvalue weighted by Gasteiger charge is 2.15. The molecular formula is C17H18N2O. The fraction of sp³-hybridized carbons (Fsp3) is 0.235. The molecule has 2 aromatic carbocycles. The summed E-state index contributed by atoms with van der Waals surface area (Å²) in [6.07, 6.45) is 0. The summed E-state index contributed by atoms with van der Waals surface area (Å²) >= 11 is 0. The minimum Gasteiger partial charge on any atom is -0.508 e. The Hall–Kier alpha value is -2.29. The molecule has 0 unspecified atom stereocenters. The highest BCUT2D eigenvalue weighted by Crippen LogP contribution is 2.32. The third-order valence-electron chi connectivity index (χ3n) is 3.56. The van der Waals surface area contributed by atoms with E-state index in [1.165, 1.54) is 11.1 Å². The van der Waals surface area contributed by atoms with Crippen molar-refractivity contribution in [2.24, 2.45) is 0 Å². The average molecular weight is 266 g/mol. The number of para-hydroxylation sites is 1. The lowest BCUT2D eigenvalue weighted by molar-refractivity contribution is 0.475. The molecule has 0 radical (unpaired) electrons. The second-order valence-electron chi connectivity index (χ2n) is 5.40. The number of aromatic hydroxyl groups is 1. The molecule has 0 amide bonds. The minimum absolute atomic E-state index is 0.275. The Morgan fingerprint density at radius 1 is 1.05 bits per heavy atom. The molecule has 1 aromatic heterocycles. The molecule has 3 nitrogen and oxygen atoms in total. The lowest BCUT2D eigenvalue weighted by atomic mass is 10.1. The zero-order valence-corrected chi connectivity index (χ0v) is 12.0. The predicted octanol–water partition coefficient (Wildman–Crippen LogP) is 4.30. The zero-order valence-electron chi connectivity index (χ0n) is 12.0. The van der Waals surface area contributed by atoms with E-state index < -0.39 is 0 Å². The first kappa shape index (κ1) is 12.7. The summed E-state index contributed by atoms with van der Waals surface area (Å²) in [5.41, 5.74) is 4.41. The Morgan fingerprint density at radius 3 is 2.40 bits per heavy atom. The smallest absolute Gasteiger partial charge is 0.115 e. The molecule has 0 spiro atoms. The van der Waals surface area contributed by atoms with Gasteiger partial charge in [0.1, 0.15) is 11.4 Å². The summed E-state index contributed by atoms with van der Waals surface area (Å²) in [7, 11) is 0. The summed E-state index contributed by atoms with van der Waals surface area (Å²) < 4.78 is 2.08. The van der Waals surface area contributed by atoms with E-state index in [-0.39, 0.29) is 5.75 Å². The summed E-state index contributed by atoms with van der Waals surface area (Å²) in [6.45, 7) is 6.39. The van der Waals surface area contributed by atoms with Gasteiger partial charge in [-0.2, -0.15) is 5.10 Å². The van der Waals surface area contributed by atoms with Gasteiger partial charge in [0.05, 0.1) is 5.52 Å². The van der Waals surface area contributed by atoms with Crippen LogP contribution in [-0.2, 0) is 0 Å². The van der Waals surface area contributed by atoms with Gasteiger partial charge in [-0.3, -0.25) is 4.68 Å². The van der Waals surface area contributed by atoms with Crippen LogP contribution in [0.15, 0.2) is 42.5 Å². The van der Waals surface area contributed by atoms with Crippen molar-refractivity contribution in [3.63, 3.8) is 0 Å². The van der Waals surface area contributed by atoms with E-state index in [1.807, 2.05) is 12.1 Å². The molecule has 3 aromatic rings. The maximum atomic E-state index is 9.43. The molecule has 3 heteroatoms. The van der Waals surface area contributed by atoms with Gasteiger partial charge in [0.2, 0.25) is 0 Å². The van der Waals surface area contributed by atoms with E-state index in [4.69, 9.17) is 5.10 Å². The second-order valence-corrected chi connectivity index (χ2v) is 5.40. The number of hydrogen-bond donors (Lipinski definition) is 1. The Bertz CT molecular complexity index is 755. The monoisotopic (exact) mass is 266 g/mol. The first-order chi connectivity index (χ1) is 9.58. The van der Waals surface area contributed by atoms with Crippen LogP contribution in [0, 0.1) is 6.92 Å². The molecule has 0 bridgehead atoms. The molecule has 0 aliphatic heterocycles. The van der Waals surface area contributed by atoms with E-state index in [0.717, 1.165) is 16.6 Å². The van der Waals surface area contributed by atoms with Crippen LogP contribution in [-0.4, -0.2) is 14.9 Å². The maximum absolute atomic E-state index is 9.43. The normalized spacial score (nSPS) is 11.4. The van der Waals surface area contributed by atoms with Crippen LogP contribution in [0.2, 0.25) is 0 Å². The number of phenols is 1. The van der Waals surface area contributed by atoms with Crippen molar-refractivity contribution in [1.29, 1.82) is 0 Å². The number of nitrogens with zero attached hydrogens (tertiary/aromatic N) is 2. The Balaban J connectivity index is 2.31. The van der Waals surface area contributed by atoms with Crippen molar-refractivity contribution in [3.8, 4) is 17.0 Å². The summed E-state index contributed by atoms with van der Waals surface area (Å²) in [5.74, 6) is 0.275. The third-order valence-corrected chi connectivity index (χ3v) is 3.56. The third kappa shape index (κ3) is 1.95. The first-order valence-corrected chi connectivity index (χ1v) is 6.85. The van der Waals surface area contributed by atoms with Gasteiger partial charge >= 0.3 is 0 Å². The molecule has 20 heavy (non-hydrogen) atoms. The van der Waals surface area contributed by atoms with E-state index in [2.05, 4.69) is 43.7 Å². The van der Waals surface area contributed by atoms with Crippen LogP contribution in [0.3, 0.4) is 0 Å². The van der Waals surface area contributed by atoms with E-state index in [1.54, 1.807) is 12.1 Å². The number of benzene rings is 2. The second kappa shape index (κ2) is 4.67. The van der Waals surface area contributed by atoms with Crippen molar-refractivity contribution >= 4 is 10.9 Å². The van der Waals surface area contributed by atoms with Crippen LogP contribution in [0.5, 0.6) is 5.75 Å². The predicted molar refractivity (Wildman–Crippen MR) is 82.0 cm³/mol. The van der Waals surface area contributed by atoms with Gasteiger partial charge in [0.15, 0.2) is 0 Å². The van der Waals surface area contributed by atoms with Gasteiger partial charge in [-0.15, -0.1) is 0 Å². The van der Waals surface area contributed by atoms with Crippen LogP contribution in [0.4, 0.5) is 0 Å². The van der Waals surface area contributed by atoms with Crippen molar-refractivity contribution in [2.75, 3.05) is 0 Å². The molecule has 1 heterocycles. The van der Waals surface area contributed by atoms with E-state index in [9.17, 15) is 5.11 Å². The summed E-state index contributed by atoms with van der Waals surface area (Å²) in [6, 6.07) is 13.8. The average Bonchev–Trinajstić information content (AvgIpc) is 2.81. The number of aromatic nitrogens is 2. The fourth-order valence-electron chi connectivity index (χ4n) is 2.57. The summed E-state index contributed by atoms with van der Waals surface area (Å²) in [4.78, 5) is 0. The molecule has 0 aliphatic carbocycles. The number of aryl methyl sites for hydroxylation is 1. The minimum atomic E-state index is 0.275. The van der Waals surface area contributed by atoms with Crippen molar-refractivity contribution in [1.82, 2.24) is 9.78 Å². The quantitative estimate of drug-likeness (QED) is 0.751.